The van der Waals surface area contributed by atoms with Crippen LogP contribution in [0.3, 0.4) is 0 Å². The van der Waals surface area contributed by atoms with Crippen LogP contribution in [-0.2, 0) is 12.8 Å². The van der Waals surface area contributed by atoms with Crippen molar-refractivity contribution in [2.75, 3.05) is 5.73 Å². The molecule has 0 unspecified atom stereocenters. The second kappa shape index (κ2) is 4.65. The van der Waals surface area contributed by atoms with Gasteiger partial charge in [0, 0.05) is 4.90 Å². The van der Waals surface area contributed by atoms with Crippen LogP contribution in [0.15, 0.2) is 40.3 Å². The van der Waals surface area contributed by atoms with E-state index in [1.807, 2.05) is 19.1 Å². The lowest BCUT2D eigenvalue weighted by atomic mass is 10.1. The Labute approximate surface area is 112 Å². The molecule has 2 aromatic rings. The molecule has 18 heavy (non-hydrogen) atoms. The van der Waals surface area contributed by atoms with Crippen LogP contribution in [0.25, 0.3) is 0 Å². The van der Waals surface area contributed by atoms with Crippen molar-refractivity contribution in [2.45, 2.75) is 36.1 Å². The Morgan fingerprint density at radius 2 is 1.94 bits per heavy atom. The van der Waals surface area contributed by atoms with Gasteiger partial charge in [0.15, 0.2) is 0 Å². The van der Waals surface area contributed by atoms with Crippen LogP contribution in [0.2, 0.25) is 0 Å². The maximum absolute atomic E-state index is 5.78. The van der Waals surface area contributed by atoms with E-state index >= 15 is 0 Å². The number of fused-ring (bicyclic) bond motifs is 1. The van der Waals surface area contributed by atoms with Crippen molar-refractivity contribution in [3.63, 3.8) is 0 Å². The Balaban J connectivity index is 1.85. The molecule has 1 aromatic heterocycles. The number of hydrogen-bond acceptors (Lipinski definition) is 3. The Bertz CT molecular complexity index is 593. The monoisotopic (exact) mass is 256 g/mol. The lowest BCUT2D eigenvalue weighted by Gasteiger charge is -2.06. The van der Waals surface area contributed by atoms with Crippen molar-refractivity contribution < 1.29 is 0 Å². The molecule has 1 aliphatic rings. The highest BCUT2D eigenvalue weighted by molar-refractivity contribution is 7.99. The Kier molecular flexibility index (Phi) is 3.00. The van der Waals surface area contributed by atoms with Crippen molar-refractivity contribution in [2.24, 2.45) is 0 Å². The summed E-state index contributed by atoms with van der Waals surface area (Å²) in [4.78, 5) is 5.77. The summed E-state index contributed by atoms with van der Waals surface area (Å²) in [6, 6.07) is 10.7. The average molecular weight is 256 g/mol. The van der Waals surface area contributed by atoms with Crippen LogP contribution < -0.4 is 5.73 Å². The van der Waals surface area contributed by atoms with E-state index in [9.17, 15) is 0 Å². The van der Waals surface area contributed by atoms with Gasteiger partial charge < -0.3 is 5.73 Å². The van der Waals surface area contributed by atoms with Crippen molar-refractivity contribution in [1.29, 1.82) is 0 Å². The topological polar surface area (TPSA) is 38.9 Å². The number of hydrogen-bond donors (Lipinski definition) is 1. The number of anilines is 1. The van der Waals surface area contributed by atoms with Crippen LogP contribution in [0.5, 0.6) is 0 Å². The second-order valence-electron chi connectivity index (χ2n) is 4.71. The lowest BCUT2D eigenvalue weighted by molar-refractivity contribution is 0.911. The summed E-state index contributed by atoms with van der Waals surface area (Å²) in [5, 5.41) is 1.01. The fourth-order valence-electron chi connectivity index (χ4n) is 2.34. The molecule has 0 amide bonds. The van der Waals surface area contributed by atoms with E-state index in [2.05, 4.69) is 23.2 Å². The third-order valence-electron chi connectivity index (χ3n) is 3.39. The summed E-state index contributed by atoms with van der Waals surface area (Å²) >= 11 is 1.71. The van der Waals surface area contributed by atoms with E-state index in [1.165, 1.54) is 35.3 Å². The highest BCUT2D eigenvalue weighted by Crippen LogP contribution is 2.31. The predicted molar refractivity (Wildman–Crippen MR) is 76.0 cm³/mol. The number of pyridine rings is 1. The molecular weight excluding hydrogens is 240 g/mol. The van der Waals surface area contributed by atoms with E-state index in [1.54, 1.807) is 11.8 Å². The highest BCUT2D eigenvalue weighted by Gasteiger charge is 2.11. The molecule has 0 fully saturated rings. The van der Waals surface area contributed by atoms with Gasteiger partial charge in [-0.25, -0.2) is 4.98 Å². The minimum atomic E-state index is 0.758. The van der Waals surface area contributed by atoms with Gasteiger partial charge in [0.1, 0.15) is 5.03 Å². The molecular formula is C15H16N2S. The van der Waals surface area contributed by atoms with Gasteiger partial charge in [-0.2, -0.15) is 0 Å². The molecule has 92 valence electrons. The smallest absolute Gasteiger partial charge is 0.101 e. The number of nitrogens with zero attached hydrogens (tertiary/aromatic N) is 1. The maximum Gasteiger partial charge on any atom is 0.101 e. The molecule has 1 aromatic carbocycles. The summed E-state index contributed by atoms with van der Waals surface area (Å²) in [6.45, 7) is 1.95. The van der Waals surface area contributed by atoms with Gasteiger partial charge in [-0.3, -0.25) is 0 Å². The number of nitrogens with two attached hydrogens (primary N) is 1. The SMILES string of the molecule is Cc1nc(Sc2ccc3c(c2)CCC3)ccc1N. The van der Waals surface area contributed by atoms with Crippen molar-refractivity contribution in [3.8, 4) is 0 Å². The molecule has 1 heterocycles. The minimum Gasteiger partial charge on any atom is -0.397 e. The van der Waals surface area contributed by atoms with Gasteiger partial charge in [-0.1, -0.05) is 17.8 Å². The zero-order valence-electron chi connectivity index (χ0n) is 10.4. The third-order valence-corrected chi connectivity index (χ3v) is 4.32. The highest BCUT2D eigenvalue weighted by atomic mass is 32.2. The van der Waals surface area contributed by atoms with Gasteiger partial charge in [0.2, 0.25) is 0 Å². The normalized spacial score (nSPS) is 13.6. The van der Waals surface area contributed by atoms with Crippen LogP contribution in [0.4, 0.5) is 5.69 Å². The first-order valence-electron chi connectivity index (χ1n) is 6.25. The Morgan fingerprint density at radius 1 is 1.11 bits per heavy atom. The predicted octanol–water partition coefficient (Wildman–Crippen LogP) is 3.61. The Morgan fingerprint density at radius 3 is 2.78 bits per heavy atom. The van der Waals surface area contributed by atoms with Gasteiger partial charge in [0.05, 0.1) is 11.4 Å². The molecule has 0 saturated carbocycles. The van der Waals surface area contributed by atoms with Gasteiger partial charge >= 0.3 is 0 Å². The van der Waals surface area contributed by atoms with E-state index in [0.29, 0.717) is 0 Å². The summed E-state index contributed by atoms with van der Waals surface area (Å²) < 4.78 is 0. The number of benzene rings is 1. The number of rotatable bonds is 2. The standard InChI is InChI=1S/C15H16N2S/c1-10-14(16)7-8-15(17-10)18-13-6-5-11-3-2-4-12(11)9-13/h5-9H,2-4,16H2,1H3. The van der Waals surface area contributed by atoms with E-state index in [-0.39, 0.29) is 0 Å². The molecule has 1 aliphatic carbocycles. The van der Waals surface area contributed by atoms with Gasteiger partial charge in [-0.05, 0) is 61.6 Å². The zero-order valence-corrected chi connectivity index (χ0v) is 11.3. The molecule has 0 aliphatic heterocycles. The zero-order chi connectivity index (χ0) is 12.5. The molecule has 0 spiro atoms. The van der Waals surface area contributed by atoms with Crippen molar-refractivity contribution in [3.05, 3.63) is 47.2 Å². The van der Waals surface area contributed by atoms with Gasteiger partial charge in [0.25, 0.3) is 0 Å². The number of aromatic nitrogens is 1. The molecule has 0 bridgehead atoms. The summed E-state index contributed by atoms with van der Waals surface area (Å²) in [5.74, 6) is 0. The first-order chi connectivity index (χ1) is 8.72. The third kappa shape index (κ3) is 2.23. The maximum atomic E-state index is 5.78. The first-order valence-corrected chi connectivity index (χ1v) is 7.07. The number of aryl methyl sites for hydroxylation is 3. The number of nitrogen functional groups attached to an aromatic ring is 1. The molecule has 3 rings (SSSR count). The van der Waals surface area contributed by atoms with Crippen LogP contribution >= 0.6 is 11.8 Å². The van der Waals surface area contributed by atoms with Crippen LogP contribution in [0.1, 0.15) is 23.2 Å². The van der Waals surface area contributed by atoms with Crippen LogP contribution in [-0.4, -0.2) is 4.98 Å². The summed E-state index contributed by atoms with van der Waals surface area (Å²) in [5.41, 5.74) is 10.5. The van der Waals surface area contributed by atoms with Gasteiger partial charge in [-0.15, -0.1) is 0 Å². The fourth-order valence-corrected chi connectivity index (χ4v) is 3.24. The van der Waals surface area contributed by atoms with Crippen molar-refractivity contribution in [1.82, 2.24) is 4.98 Å². The minimum absolute atomic E-state index is 0.758. The molecule has 0 atom stereocenters. The molecule has 0 saturated heterocycles. The Hall–Kier alpha value is -1.48. The lowest BCUT2D eigenvalue weighted by Crippen LogP contribution is -1.93. The average Bonchev–Trinajstić information content (AvgIpc) is 2.81. The van der Waals surface area contributed by atoms with Crippen LogP contribution in [0, 0.1) is 6.92 Å². The first kappa shape index (κ1) is 11.6. The largest absolute Gasteiger partial charge is 0.397 e. The molecule has 0 radical (unpaired) electrons. The fraction of sp³-hybridized carbons (Fsp3) is 0.267. The molecule has 3 heteroatoms. The quantitative estimate of drug-likeness (QED) is 0.892. The second-order valence-corrected chi connectivity index (χ2v) is 5.80. The summed E-state index contributed by atoms with van der Waals surface area (Å²) in [7, 11) is 0. The van der Waals surface area contributed by atoms with E-state index in [0.717, 1.165) is 16.4 Å². The van der Waals surface area contributed by atoms with E-state index in [4.69, 9.17) is 5.73 Å². The molecule has 2 nitrogen and oxygen atoms in total. The summed E-state index contributed by atoms with van der Waals surface area (Å²) in [6.07, 6.45) is 3.75. The van der Waals surface area contributed by atoms with Crippen molar-refractivity contribution >= 4 is 17.4 Å². The van der Waals surface area contributed by atoms with E-state index < -0.39 is 0 Å². The molecule has 2 N–H and O–H groups in total.